The van der Waals surface area contributed by atoms with Crippen molar-refractivity contribution in [1.29, 1.82) is 0 Å². The van der Waals surface area contributed by atoms with Crippen LogP contribution in [0.2, 0.25) is 5.02 Å². The van der Waals surface area contributed by atoms with E-state index in [1.54, 1.807) is 0 Å². The van der Waals surface area contributed by atoms with E-state index >= 15 is 0 Å². The van der Waals surface area contributed by atoms with E-state index in [0.29, 0.717) is 5.96 Å². The van der Waals surface area contributed by atoms with E-state index in [0.717, 1.165) is 31.0 Å². The van der Waals surface area contributed by atoms with Crippen LogP contribution in [0.4, 0.5) is 0 Å². The van der Waals surface area contributed by atoms with Crippen molar-refractivity contribution >= 4 is 41.5 Å². The number of hydrogen-bond donors (Lipinski definition) is 2. The van der Waals surface area contributed by atoms with Gasteiger partial charge in [-0.1, -0.05) is 37.1 Å². The third kappa shape index (κ3) is 4.81. The molecule has 20 heavy (non-hydrogen) atoms. The molecule has 0 atom stereocenters. The van der Waals surface area contributed by atoms with Crippen molar-refractivity contribution in [2.75, 3.05) is 13.1 Å². The Kier molecular flexibility index (Phi) is 7.09. The minimum Gasteiger partial charge on any atom is -0.370 e. The van der Waals surface area contributed by atoms with Gasteiger partial charge in [-0.3, -0.25) is 4.99 Å². The highest BCUT2D eigenvalue weighted by Gasteiger charge is 2.44. The molecule has 1 aliphatic rings. The van der Waals surface area contributed by atoms with E-state index in [4.69, 9.17) is 17.3 Å². The fourth-order valence-corrected chi connectivity index (χ4v) is 2.30. The minimum absolute atomic E-state index is 0. The molecule has 1 aromatic carbocycles. The van der Waals surface area contributed by atoms with E-state index in [9.17, 15) is 0 Å². The lowest BCUT2D eigenvalue weighted by molar-refractivity contribution is 0.694. The van der Waals surface area contributed by atoms with Gasteiger partial charge in [0, 0.05) is 17.0 Å². The Hall–Kier alpha value is -0.490. The smallest absolute Gasteiger partial charge is 0.188 e. The van der Waals surface area contributed by atoms with Crippen LogP contribution in [0, 0.1) is 0 Å². The number of rotatable bonds is 6. The number of halogens is 2. The number of benzene rings is 1. The third-order valence-corrected chi connectivity index (χ3v) is 3.95. The first-order chi connectivity index (χ1) is 9.16. The molecule has 1 saturated carbocycles. The van der Waals surface area contributed by atoms with Gasteiger partial charge in [-0.05, 0) is 37.0 Å². The molecule has 0 unspecified atom stereocenters. The summed E-state index contributed by atoms with van der Waals surface area (Å²) in [5.74, 6) is 0.564. The molecule has 0 amide bonds. The predicted molar refractivity (Wildman–Crippen MR) is 97.2 cm³/mol. The van der Waals surface area contributed by atoms with Gasteiger partial charge in [-0.25, -0.2) is 0 Å². The predicted octanol–water partition coefficient (Wildman–Crippen LogP) is 3.69. The summed E-state index contributed by atoms with van der Waals surface area (Å²) in [7, 11) is 0. The highest BCUT2D eigenvalue weighted by Crippen LogP contribution is 2.48. The molecule has 112 valence electrons. The van der Waals surface area contributed by atoms with Crippen LogP contribution in [0.1, 0.15) is 38.2 Å². The number of nitrogens with two attached hydrogens (primary N) is 1. The third-order valence-electron chi connectivity index (χ3n) is 3.70. The van der Waals surface area contributed by atoms with Crippen LogP contribution in [0.5, 0.6) is 0 Å². The molecule has 0 heterocycles. The van der Waals surface area contributed by atoms with Crippen molar-refractivity contribution in [3.05, 3.63) is 34.9 Å². The quantitative estimate of drug-likeness (QED) is 0.327. The van der Waals surface area contributed by atoms with Crippen molar-refractivity contribution in [3.8, 4) is 0 Å². The average molecular weight is 408 g/mol. The summed E-state index contributed by atoms with van der Waals surface area (Å²) >= 11 is 5.92. The Balaban J connectivity index is 0.00000200. The maximum Gasteiger partial charge on any atom is 0.188 e. The number of guanidine groups is 1. The van der Waals surface area contributed by atoms with Crippen molar-refractivity contribution in [2.24, 2.45) is 10.7 Å². The zero-order chi connectivity index (χ0) is 13.7. The zero-order valence-corrected chi connectivity index (χ0v) is 14.9. The van der Waals surface area contributed by atoms with Gasteiger partial charge in [0.1, 0.15) is 0 Å². The van der Waals surface area contributed by atoms with Crippen LogP contribution in [0.15, 0.2) is 29.3 Å². The first-order valence-electron chi connectivity index (χ1n) is 6.96. The maximum atomic E-state index is 5.92. The van der Waals surface area contributed by atoms with E-state index in [2.05, 4.69) is 29.4 Å². The Morgan fingerprint density at radius 1 is 1.35 bits per heavy atom. The molecule has 1 aromatic rings. The van der Waals surface area contributed by atoms with Crippen LogP contribution < -0.4 is 11.1 Å². The molecule has 3 nitrogen and oxygen atoms in total. The number of nitrogens with one attached hydrogen (secondary N) is 1. The summed E-state index contributed by atoms with van der Waals surface area (Å²) in [5, 5.41) is 3.93. The average Bonchev–Trinajstić information content (AvgIpc) is 3.19. The van der Waals surface area contributed by atoms with Gasteiger partial charge in [0.2, 0.25) is 0 Å². The highest BCUT2D eigenvalue weighted by molar-refractivity contribution is 14.0. The second-order valence-corrected chi connectivity index (χ2v) is 5.71. The van der Waals surface area contributed by atoms with E-state index < -0.39 is 0 Å². The first kappa shape index (κ1) is 17.6. The van der Waals surface area contributed by atoms with Crippen molar-refractivity contribution in [3.63, 3.8) is 0 Å². The summed E-state index contributed by atoms with van der Waals surface area (Å²) in [6.45, 7) is 3.83. The Morgan fingerprint density at radius 3 is 2.55 bits per heavy atom. The summed E-state index contributed by atoms with van der Waals surface area (Å²) < 4.78 is 0. The molecule has 0 radical (unpaired) electrons. The molecule has 0 spiro atoms. The van der Waals surface area contributed by atoms with Crippen LogP contribution in [0.25, 0.3) is 0 Å². The van der Waals surface area contributed by atoms with Gasteiger partial charge < -0.3 is 11.1 Å². The molecular weight excluding hydrogens is 385 g/mol. The first-order valence-corrected chi connectivity index (χ1v) is 7.34. The lowest BCUT2D eigenvalue weighted by Gasteiger charge is -2.14. The topological polar surface area (TPSA) is 50.4 Å². The van der Waals surface area contributed by atoms with Gasteiger partial charge in [0.15, 0.2) is 5.96 Å². The van der Waals surface area contributed by atoms with Gasteiger partial charge >= 0.3 is 0 Å². The fraction of sp³-hybridized carbons (Fsp3) is 0.533. The minimum atomic E-state index is 0. The normalized spacial score (nSPS) is 16.4. The number of aliphatic imine (C=N–C) groups is 1. The number of nitrogens with zero attached hydrogens (tertiary/aromatic N) is 1. The lowest BCUT2D eigenvalue weighted by Crippen LogP contribution is -2.33. The Bertz CT molecular complexity index is 441. The molecule has 0 saturated heterocycles. The monoisotopic (exact) mass is 407 g/mol. The molecule has 3 N–H and O–H groups in total. The van der Waals surface area contributed by atoms with Crippen molar-refractivity contribution < 1.29 is 0 Å². The molecular formula is C15H23ClIN3. The summed E-state index contributed by atoms with van der Waals surface area (Å²) in [6, 6.07) is 8.10. The van der Waals surface area contributed by atoms with E-state index in [-0.39, 0.29) is 29.4 Å². The van der Waals surface area contributed by atoms with E-state index in [1.807, 2.05) is 12.1 Å². The second-order valence-electron chi connectivity index (χ2n) is 5.27. The second kappa shape index (κ2) is 8.08. The molecule has 0 aromatic heterocycles. The lowest BCUT2D eigenvalue weighted by atomic mass is 9.96. The van der Waals surface area contributed by atoms with Gasteiger partial charge in [-0.15, -0.1) is 24.0 Å². The van der Waals surface area contributed by atoms with Crippen LogP contribution >= 0.6 is 35.6 Å². The molecule has 0 aliphatic heterocycles. The summed E-state index contributed by atoms with van der Waals surface area (Å²) in [4.78, 5) is 4.48. The Morgan fingerprint density at radius 2 is 2.00 bits per heavy atom. The SMILES string of the molecule is CCCCNC(N)=NCC1(c2ccc(Cl)cc2)CC1.I. The van der Waals surface area contributed by atoms with Gasteiger partial charge in [0.25, 0.3) is 0 Å². The van der Waals surface area contributed by atoms with Crippen LogP contribution in [-0.2, 0) is 5.41 Å². The summed E-state index contributed by atoms with van der Waals surface area (Å²) in [5.41, 5.74) is 7.39. The van der Waals surface area contributed by atoms with Crippen LogP contribution in [0.3, 0.4) is 0 Å². The van der Waals surface area contributed by atoms with Crippen molar-refractivity contribution in [2.45, 2.75) is 38.0 Å². The molecule has 2 rings (SSSR count). The maximum absolute atomic E-state index is 5.92. The fourth-order valence-electron chi connectivity index (χ4n) is 2.18. The largest absolute Gasteiger partial charge is 0.370 e. The molecule has 1 aliphatic carbocycles. The summed E-state index contributed by atoms with van der Waals surface area (Å²) in [6.07, 6.45) is 4.65. The molecule has 0 bridgehead atoms. The molecule has 1 fully saturated rings. The van der Waals surface area contributed by atoms with Gasteiger partial charge in [-0.2, -0.15) is 0 Å². The van der Waals surface area contributed by atoms with E-state index in [1.165, 1.54) is 18.4 Å². The van der Waals surface area contributed by atoms with Crippen molar-refractivity contribution in [1.82, 2.24) is 5.32 Å². The Labute approximate surface area is 143 Å². The van der Waals surface area contributed by atoms with Gasteiger partial charge in [0.05, 0.1) is 6.54 Å². The highest BCUT2D eigenvalue weighted by atomic mass is 127. The zero-order valence-electron chi connectivity index (χ0n) is 11.9. The van der Waals surface area contributed by atoms with Crippen LogP contribution in [-0.4, -0.2) is 19.0 Å². The molecule has 5 heteroatoms. The number of unbranched alkanes of at least 4 members (excludes halogenated alkanes) is 1. The number of hydrogen-bond acceptors (Lipinski definition) is 1. The standard InChI is InChI=1S/C15H22ClN3.HI/c1-2-3-10-18-14(17)19-11-15(8-9-15)12-4-6-13(16)7-5-12;/h4-7H,2-3,8-11H2,1H3,(H3,17,18,19);1H.